The van der Waals surface area contributed by atoms with Gasteiger partial charge < -0.3 is 19.3 Å². The first-order chi connectivity index (χ1) is 21.0. The first kappa shape index (κ1) is 31.6. The molecule has 0 saturated carbocycles. The second-order valence-electron chi connectivity index (χ2n) is 11.2. The van der Waals surface area contributed by atoms with Crippen LogP contribution in [-0.4, -0.2) is 72.9 Å². The lowest BCUT2D eigenvalue weighted by Gasteiger charge is -2.34. The van der Waals surface area contributed by atoms with Crippen molar-refractivity contribution in [1.82, 2.24) is 24.6 Å². The number of anilines is 2. The van der Waals surface area contributed by atoms with Crippen LogP contribution in [0, 0.1) is 5.92 Å². The molecule has 1 aliphatic heterocycles. The van der Waals surface area contributed by atoms with Crippen molar-refractivity contribution in [3.05, 3.63) is 65.4 Å². The predicted octanol–water partition coefficient (Wildman–Crippen LogP) is 5.47. The highest BCUT2D eigenvalue weighted by Crippen LogP contribution is 2.40. The zero-order chi connectivity index (χ0) is 31.4. The molecule has 2 aromatic heterocycles. The molecule has 1 fully saturated rings. The van der Waals surface area contributed by atoms with Gasteiger partial charge in [0, 0.05) is 50.6 Å². The Bertz CT molecular complexity index is 1720. The average molecular weight is 640 g/mol. The highest BCUT2D eigenvalue weighted by Gasteiger charge is 2.24. The van der Waals surface area contributed by atoms with E-state index in [0.29, 0.717) is 46.7 Å². The molecule has 1 saturated heterocycles. The van der Waals surface area contributed by atoms with Gasteiger partial charge in [-0.15, -0.1) is 0 Å². The van der Waals surface area contributed by atoms with Crippen molar-refractivity contribution >= 4 is 33.3 Å². The summed E-state index contributed by atoms with van der Waals surface area (Å²) >= 11 is 6.93. The number of sulfonamides is 1. The van der Waals surface area contributed by atoms with Crippen LogP contribution in [0.3, 0.4) is 0 Å². The van der Waals surface area contributed by atoms with E-state index in [9.17, 15) is 8.42 Å². The summed E-state index contributed by atoms with van der Waals surface area (Å²) in [7, 11) is -0.292. The van der Waals surface area contributed by atoms with E-state index in [-0.39, 0.29) is 16.7 Å². The van der Waals surface area contributed by atoms with Crippen molar-refractivity contribution in [2.75, 3.05) is 49.5 Å². The summed E-state index contributed by atoms with van der Waals surface area (Å²) in [6, 6.07) is 13.2. The van der Waals surface area contributed by atoms with Crippen LogP contribution in [-0.2, 0) is 23.5 Å². The third-order valence-corrected chi connectivity index (χ3v) is 8.89. The molecule has 0 unspecified atom stereocenters. The average Bonchev–Trinajstić information content (AvgIpc) is 3.45. The summed E-state index contributed by atoms with van der Waals surface area (Å²) in [5.74, 6) is 1.50. The van der Waals surface area contributed by atoms with Gasteiger partial charge >= 0.3 is 0 Å². The number of aromatic nitrogens is 4. The minimum absolute atomic E-state index is 0.0146. The molecule has 5 rings (SSSR count). The van der Waals surface area contributed by atoms with Crippen molar-refractivity contribution in [2.24, 2.45) is 13.0 Å². The highest BCUT2D eigenvalue weighted by molar-refractivity contribution is 7.92. The van der Waals surface area contributed by atoms with Crippen molar-refractivity contribution in [3.8, 4) is 28.6 Å². The van der Waals surface area contributed by atoms with Crippen LogP contribution in [0.2, 0.25) is 5.02 Å². The van der Waals surface area contributed by atoms with Gasteiger partial charge in [0.25, 0.3) is 10.0 Å². The molecule has 1 aliphatic rings. The normalized spacial score (nSPS) is 14.2. The summed E-state index contributed by atoms with van der Waals surface area (Å²) in [5, 5.41) is 4.45. The number of ether oxygens (including phenoxy) is 2. The van der Waals surface area contributed by atoms with Crippen LogP contribution in [0.15, 0.2) is 59.8 Å². The van der Waals surface area contributed by atoms with Gasteiger partial charge in [0.05, 0.1) is 24.2 Å². The maximum Gasteiger partial charge on any atom is 0.267 e. The fraction of sp³-hybridized carbons (Fsp3) is 0.387. The van der Waals surface area contributed by atoms with Gasteiger partial charge in [-0.05, 0) is 43.7 Å². The van der Waals surface area contributed by atoms with Crippen molar-refractivity contribution in [1.29, 1.82) is 0 Å². The van der Waals surface area contributed by atoms with Crippen molar-refractivity contribution in [3.63, 3.8) is 0 Å². The van der Waals surface area contributed by atoms with E-state index >= 15 is 0 Å². The fourth-order valence-corrected chi connectivity index (χ4v) is 6.05. The lowest BCUT2D eigenvalue weighted by atomic mass is 10.0. The maximum absolute atomic E-state index is 13.3. The molecule has 234 valence electrons. The second kappa shape index (κ2) is 13.4. The molecule has 0 radical (unpaired) electrons. The van der Waals surface area contributed by atoms with Crippen LogP contribution >= 0.6 is 11.6 Å². The Morgan fingerprint density at radius 2 is 1.80 bits per heavy atom. The smallest absolute Gasteiger partial charge is 0.267 e. The molecule has 2 aromatic carbocycles. The molecule has 13 heteroatoms. The van der Waals surface area contributed by atoms with E-state index in [4.69, 9.17) is 21.1 Å². The predicted molar refractivity (Wildman–Crippen MR) is 172 cm³/mol. The summed E-state index contributed by atoms with van der Waals surface area (Å²) < 4.78 is 42.8. The number of hydrogen-bond donors (Lipinski definition) is 1. The van der Waals surface area contributed by atoms with Crippen LogP contribution in [0.4, 0.5) is 11.6 Å². The number of hydrogen-bond acceptors (Lipinski definition) is 9. The van der Waals surface area contributed by atoms with E-state index in [0.717, 1.165) is 37.4 Å². The quantitative estimate of drug-likeness (QED) is 0.228. The van der Waals surface area contributed by atoms with Gasteiger partial charge in [0.1, 0.15) is 21.4 Å². The van der Waals surface area contributed by atoms with Crippen LogP contribution in [0.25, 0.3) is 11.3 Å². The number of piperazine rings is 1. The Kier molecular flexibility index (Phi) is 9.62. The molecule has 0 amide bonds. The lowest BCUT2D eigenvalue weighted by Crippen LogP contribution is -2.44. The molecular weight excluding hydrogens is 602 g/mol. The molecule has 3 heterocycles. The maximum atomic E-state index is 13.3. The van der Waals surface area contributed by atoms with E-state index in [2.05, 4.69) is 50.5 Å². The third kappa shape index (κ3) is 7.25. The molecule has 0 bridgehead atoms. The molecule has 0 aliphatic carbocycles. The Labute approximate surface area is 263 Å². The number of aryl methyl sites for hydroxylation is 1. The van der Waals surface area contributed by atoms with E-state index in [1.807, 2.05) is 43.3 Å². The monoisotopic (exact) mass is 639 g/mol. The van der Waals surface area contributed by atoms with Gasteiger partial charge in [-0.3, -0.25) is 4.68 Å². The SMILES string of the molecule is CCc1c(Oc2cccc(N3CCN(C)CC3)c2Cl)nc(NS(=O)(=O)c2cnn(C)c2)nc1-c1cccc(OCC(C)C)c1. The summed E-state index contributed by atoms with van der Waals surface area (Å²) in [6.07, 6.45) is 3.17. The Morgan fingerprint density at radius 1 is 1.05 bits per heavy atom. The second-order valence-corrected chi connectivity index (χ2v) is 13.3. The zero-order valence-electron chi connectivity index (χ0n) is 25.6. The summed E-state index contributed by atoms with van der Waals surface area (Å²) in [6.45, 7) is 10.2. The molecule has 0 atom stereocenters. The summed E-state index contributed by atoms with van der Waals surface area (Å²) in [4.78, 5) is 13.7. The first-order valence-electron chi connectivity index (χ1n) is 14.6. The number of nitrogens with zero attached hydrogens (tertiary/aromatic N) is 6. The van der Waals surface area contributed by atoms with Gasteiger partial charge in [0.15, 0.2) is 0 Å². The van der Waals surface area contributed by atoms with E-state index in [1.54, 1.807) is 13.1 Å². The number of rotatable bonds is 11. The number of benzene rings is 2. The topological polar surface area (TPSA) is 115 Å². The zero-order valence-corrected chi connectivity index (χ0v) is 27.2. The van der Waals surface area contributed by atoms with Crippen molar-refractivity contribution < 1.29 is 17.9 Å². The lowest BCUT2D eigenvalue weighted by molar-refractivity contribution is 0.271. The van der Waals surface area contributed by atoms with Gasteiger partial charge in [-0.2, -0.15) is 10.1 Å². The van der Waals surface area contributed by atoms with Crippen molar-refractivity contribution in [2.45, 2.75) is 32.1 Å². The molecule has 44 heavy (non-hydrogen) atoms. The largest absolute Gasteiger partial charge is 0.493 e. The van der Waals surface area contributed by atoms with E-state index < -0.39 is 10.0 Å². The first-order valence-corrected chi connectivity index (χ1v) is 16.5. The highest BCUT2D eigenvalue weighted by atomic mass is 35.5. The Balaban J connectivity index is 1.58. The molecule has 11 nitrogen and oxygen atoms in total. The minimum atomic E-state index is -4.04. The number of likely N-dealkylation sites (N-methyl/N-ethyl adjacent to an activating group) is 1. The standard InChI is InChI=1S/C31H38ClN7O4S/c1-6-25-29(22-9-7-10-23(17-22)42-20-21(2)3)34-31(36-44(40,41)24-18-33-38(5)19-24)35-30(25)43-27-12-8-11-26(28(27)32)39-15-13-37(4)14-16-39/h7-12,17-19,21H,6,13-16,20H2,1-5H3,(H,34,35,36). The molecule has 4 aromatic rings. The minimum Gasteiger partial charge on any atom is -0.493 e. The van der Waals surface area contributed by atoms with Crippen LogP contribution in [0.1, 0.15) is 26.3 Å². The summed E-state index contributed by atoms with van der Waals surface area (Å²) in [5.41, 5.74) is 2.81. The van der Waals surface area contributed by atoms with Gasteiger partial charge in [-0.1, -0.05) is 50.6 Å². The van der Waals surface area contributed by atoms with Gasteiger partial charge in [0.2, 0.25) is 11.8 Å². The Hall–Kier alpha value is -3.87. The number of nitrogens with one attached hydrogen (secondary N) is 1. The van der Waals surface area contributed by atoms with Gasteiger partial charge in [-0.25, -0.2) is 18.1 Å². The molecule has 0 spiro atoms. The number of halogens is 1. The van der Waals surface area contributed by atoms with Crippen LogP contribution in [0.5, 0.6) is 17.4 Å². The molecule has 1 N–H and O–H groups in total. The molecular formula is C31H38ClN7O4S. The van der Waals surface area contributed by atoms with E-state index in [1.165, 1.54) is 17.1 Å². The van der Waals surface area contributed by atoms with Crippen LogP contribution < -0.4 is 19.1 Å². The fourth-order valence-electron chi connectivity index (χ4n) is 4.84. The third-order valence-electron chi connectivity index (χ3n) is 7.22. The Morgan fingerprint density at radius 3 is 2.48 bits per heavy atom.